The van der Waals surface area contributed by atoms with Crippen molar-refractivity contribution in [2.75, 3.05) is 0 Å². The summed E-state index contributed by atoms with van der Waals surface area (Å²) in [6.07, 6.45) is 16.7. The summed E-state index contributed by atoms with van der Waals surface area (Å²) in [5.74, 6) is 0. The molecule has 0 bridgehead atoms. The van der Waals surface area contributed by atoms with Crippen molar-refractivity contribution in [3.63, 3.8) is 0 Å². The molecule has 0 aromatic heterocycles. The minimum atomic E-state index is 0. The summed E-state index contributed by atoms with van der Waals surface area (Å²) < 4.78 is 0. The van der Waals surface area contributed by atoms with Gasteiger partial charge in [-0.25, -0.2) is 0 Å². The fourth-order valence-corrected chi connectivity index (χ4v) is 1.89. The Morgan fingerprint density at radius 2 is 1.12 bits per heavy atom. The molecule has 0 unspecified atom stereocenters. The van der Waals surface area contributed by atoms with E-state index in [1.165, 1.54) is 64.2 Å². The van der Waals surface area contributed by atoms with Crippen LogP contribution in [-0.4, -0.2) is 44.0 Å². The Morgan fingerprint density at radius 1 is 0.750 bits per heavy atom. The van der Waals surface area contributed by atoms with Crippen molar-refractivity contribution < 1.29 is 7.65 Å². The second kappa shape index (κ2) is 18.3. The van der Waals surface area contributed by atoms with Crippen molar-refractivity contribution in [3.05, 3.63) is 0 Å². The Bertz CT molecular complexity index is 135. The van der Waals surface area contributed by atoms with E-state index < -0.39 is 0 Å². The summed E-state index contributed by atoms with van der Waals surface area (Å²) in [5, 5.41) is 0. The number of rotatable bonds is 12. The molecular formula is C14H30CaO. The summed E-state index contributed by atoms with van der Waals surface area (Å²) in [7, 11) is 0. The van der Waals surface area contributed by atoms with Gasteiger partial charge >= 0.3 is 37.7 Å². The van der Waals surface area contributed by atoms with E-state index in [4.69, 9.17) is 0 Å². The quantitative estimate of drug-likeness (QED) is 0.279. The van der Waals surface area contributed by atoms with Crippen LogP contribution in [0, 0.1) is 0 Å². The first kappa shape index (κ1) is 19.3. The third-order valence-electron chi connectivity index (χ3n) is 2.93. The van der Waals surface area contributed by atoms with Crippen molar-refractivity contribution in [3.8, 4) is 0 Å². The first-order valence-electron chi connectivity index (χ1n) is 6.85. The zero-order valence-corrected chi connectivity index (χ0v) is 13.4. The molecule has 0 aliphatic rings. The van der Waals surface area contributed by atoms with Crippen LogP contribution in [0.2, 0.25) is 0 Å². The maximum absolute atomic E-state index is 10.1. The summed E-state index contributed by atoms with van der Waals surface area (Å²) in [4.78, 5) is 10.1. The molecular weight excluding hydrogens is 224 g/mol. The average Bonchev–Trinajstić information content (AvgIpc) is 2.26. The van der Waals surface area contributed by atoms with Crippen LogP contribution >= 0.6 is 0 Å². The van der Waals surface area contributed by atoms with Gasteiger partial charge in [-0.2, -0.15) is 0 Å². The molecule has 0 radical (unpaired) electrons. The molecule has 94 valence electrons. The molecule has 0 aliphatic carbocycles. The molecule has 0 saturated carbocycles. The Balaban J connectivity index is -0.000000327. The maximum atomic E-state index is 10.1. The molecule has 16 heavy (non-hydrogen) atoms. The fraction of sp³-hybridized carbons (Fsp3) is 0.929. The van der Waals surface area contributed by atoms with E-state index in [9.17, 15) is 4.79 Å². The molecule has 1 nitrogen and oxygen atoms in total. The number of carbonyl (C=O) groups is 1. The predicted octanol–water partition coefficient (Wildman–Crippen LogP) is 4.73. The van der Waals surface area contributed by atoms with Gasteiger partial charge in [0, 0.05) is 6.42 Å². The number of unbranched alkanes of at least 4 members (excludes halogenated alkanes) is 11. The molecule has 0 atom stereocenters. The van der Waals surface area contributed by atoms with Gasteiger partial charge in [0.1, 0.15) is 6.29 Å². The molecule has 0 saturated heterocycles. The van der Waals surface area contributed by atoms with E-state index in [0.717, 1.165) is 19.1 Å². The third-order valence-corrected chi connectivity index (χ3v) is 2.93. The minimum absolute atomic E-state index is 0. The van der Waals surface area contributed by atoms with Crippen LogP contribution in [0.5, 0.6) is 0 Å². The van der Waals surface area contributed by atoms with Crippen LogP contribution < -0.4 is 0 Å². The molecule has 2 heteroatoms. The van der Waals surface area contributed by atoms with Gasteiger partial charge in [-0.3, -0.25) is 0 Å². The van der Waals surface area contributed by atoms with Crippen LogP contribution in [0.3, 0.4) is 0 Å². The number of carbonyl (C=O) groups excluding carboxylic acids is 1. The third kappa shape index (κ3) is 17.3. The Kier molecular flexibility index (Phi) is 22.0. The molecule has 0 aromatic rings. The Hall–Kier alpha value is 0.930. The Labute approximate surface area is 135 Å². The molecule has 0 heterocycles. The van der Waals surface area contributed by atoms with Gasteiger partial charge in [0.05, 0.1) is 0 Å². The van der Waals surface area contributed by atoms with E-state index in [1.807, 2.05) is 0 Å². The number of aldehydes is 1. The first-order chi connectivity index (χ1) is 7.41. The van der Waals surface area contributed by atoms with Crippen molar-refractivity contribution in [1.82, 2.24) is 0 Å². The van der Waals surface area contributed by atoms with Gasteiger partial charge in [0.2, 0.25) is 0 Å². The van der Waals surface area contributed by atoms with E-state index in [-0.39, 0.29) is 40.6 Å². The molecule has 0 rings (SSSR count). The summed E-state index contributed by atoms with van der Waals surface area (Å²) in [6.45, 7) is 2.26. The van der Waals surface area contributed by atoms with E-state index in [1.54, 1.807) is 0 Å². The summed E-state index contributed by atoms with van der Waals surface area (Å²) in [6, 6.07) is 0. The SMILES string of the molecule is CCCCCCCCCCCCCC=O.[Ca+2].[H-].[H-]. The normalized spacial score (nSPS) is 9.81. The van der Waals surface area contributed by atoms with Crippen molar-refractivity contribution in [2.24, 2.45) is 0 Å². The number of hydrogen-bond acceptors (Lipinski definition) is 1. The van der Waals surface area contributed by atoms with Crippen LogP contribution in [0.15, 0.2) is 0 Å². The molecule has 0 aliphatic heterocycles. The zero-order chi connectivity index (χ0) is 11.2. The van der Waals surface area contributed by atoms with Gasteiger partial charge in [-0.15, -0.1) is 0 Å². The predicted molar refractivity (Wildman–Crippen MR) is 75.1 cm³/mol. The smallest absolute Gasteiger partial charge is 1.00 e. The zero-order valence-electron chi connectivity index (χ0n) is 13.2. The topological polar surface area (TPSA) is 17.1 Å². The largest absolute Gasteiger partial charge is 2.00 e. The van der Waals surface area contributed by atoms with Crippen molar-refractivity contribution in [1.29, 1.82) is 0 Å². The van der Waals surface area contributed by atoms with Crippen LogP contribution in [-0.2, 0) is 4.79 Å². The summed E-state index contributed by atoms with van der Waals surface area (Å²) >= 11 is 0. The monoisotopic (exact) mass is 254 g/mol. The average molecular weight is 254 g/mol. The second-order valence-electron chi connectivity index (χ2n) is 4.49. The molecule has 0 aromatic carbocycles. The van der Waals surface area contributed by atoms with Gasteiger partial charge in [0.25, 0.3) is 0 Å². The maximum Gasteiger partial charge on any atom is 2.00 e. The van der Waals surface area contributed by atoms with Crippen LogP contribution in [0.1, 0.15) is 86.8 Å². The van der Waals surface area contributed by atoms with E-state index in [2.05, 4.69) is 6.92 Å². The summed E-state index contributed by atoms with van der Waals surface area (Å²) in [5.41, 5.74) is 0. The fourth-order valence-electron chi connectivity index (χ4n) is 1.89. The van der Waals surface area contributed by atoms with Gasteiger partial charge in [-0.05, 0) is 6.42 Å². The minimum Gasteiger partial charge on any atom is -1.00 e. The van der Waals surface area contributed by atoms with Gasteiger partial charge in [-0.1, -0.05) is 71.1 Å². The van der Waals surface area contributed by atoms with Crippen LogP contribution in [0.4, 0.5) is 0 Å². The molecule has 0 fully saturated rings. The van der Waals surface area contributed by atoms with Crippen molar-refractivity contribution in [2.45, 2.75) is 84.0 Å². The van der Waals surface area contributed by atoms with E-state index >= 15 is 0 Å². The second-order valence-corrected chi connectivity index (χ2v) is 4.49. The van der Waals surface area contributed by atoms with Crippen molar-refractivity contribution >= 4 is 44.0 Å². The molecule has 0 spiro atoms. The standard InChI is InChI=1S/C14H28O.Ca.2H/c1-2-3-4-5-6-7-8-9-10-11-12-13-14-15;;;/h14H,2-13H2,1H3;;;/q;+2;2*-1. The van der Waals surface area contributed by atoms with Gasteiger partial charge in [0.15, 0.2) is 0 Å². The van der Waals surface area contributed by atoms with Crippen LogP contribution in [0.25, 0.3) is 0 Å². The van der Waals surface area contributed by atoms with Gasteiger partial charge < -0.3 is 7.65 Å². The van der Waals surface area contributed by atoms with E-state index in [0.29, 0.717) is 0 Å². The number of hydrogen-bond donors (Lipinski definition) is 0. The molecule has 0 N–H and O–H groups in total. The molecule has 0 amide bonds. The first-order valence-corrected chi connectivity index (χ1v) is 6.85. The Morgan fingerprint density at radius 3 is 1.50 bits per heavy atom.